The van der Waals surface area contributed by atoms with Crippen LogP contribution in [0.3, 0.4) is 0 Å². The highest BCUT2D eigenvalue weighted by Crippen LogP contribution is 2.08. The van der Waals surface area contributed by atoms with Crippen molar-refractivity contribution < 1.29 is 14.3 Å². The summed E-state index contributed by atoms with van der Waals surface area (Å²) < 4.78 is 14.0. The van der Waals surface area contributed by atoms with Crippen LogP contribution in [-0.2, 0) is 11.2 Å². The van der Waals surface area contributed by atoms with E-state index in [0.29, 0.717) is 11.4 Å². The second kappa shape index (κ2) is 4.48. The zero-order valence-electron chi connectivity index (χ0n) is 9.61. The van der Waals surface area contributed by atoms with Crippen LogP contribution in [0.5, 0.6) is 0 Å². The molecule has 5 nitrogen and oxygen atoms in total. The highest BCUT2D eigenvalue weighted by Gasteiger charge is 2.14. The third-order valence-corrected chi connectivity index (χ3v) is 2.61. The molecule has 94 valence electrons. The number of aryl methyl sites for hydroxylation is 1. The van der Waals surface area contributed by atoms with Crippen LogP contribution in [0.4, 0.5) is 4.39 Å². The summed E-state index contributed by atoms with van der Waals surface area (Å²) >= 11 is 0. The van der Waals surface area contributed by atoms with Gasteiger partial charge in [0.25, 0.3) is 5.56 Å². The molecule has 6 heteroatoms. The van der Waals surface area contributed by atoms with Gasteiger partial charge in [-0.05, 0) is 31.2 Å². The number of carboxylic acids is 1. The summed E-state index contributed by atoms with van der Waals surface area (Å²) in [5, 5.41) is 11.5. The topological polar surface area (TPSA) is 75.1 Å². The first-order valence-electron chi connectivity index (χ1n) is 5.27. The molecule has 0 saturated heterocycles. The van der Waals surface area contributed by atoms with Crippen molar-refractivity contribution in [3.63, 3.8) is 0 Å². The average molecular weight is 250 g/mol. The van der Waals surface area contributed by atoms with Crippen LogP contribution in [-0.4, -0.2) is 20.9 Å². The van der Waals surface area contributed by atoms with E-state index in [1.807, 2.05) is 0 Å². The number of carboxylic acid groups (broad SMARTS) is 1. The van der Waals surface area contributed by atoms with Crippen LogP contribution in [0.25, 0.3) is 5.69 Å². The number of hydrogen-bond acceptors (Lipinski definition) is 2. The summed E-state index contributed by atoms with van der Waals surface area (Å²) in [5.74, 6) is -1.47. The number of aliphatic carboxylic acids is 1. The zero-order chi connectivity index (χ0) is 13.3. The SMILES string of the molecule is Cc1[nH]n(-c2ccc(F)cc2)c(=O)c1CC(=O)O. The Morgan fingerprint density at radius 3 is 2.56 bits per heavy atom. The molecule has 1 aromatic heterocycles. The Bertz CT molecular complexity index is 640. The number of aromatic nitrogens is 2. The number of rotatable bonds is 3. The van der Waals surface area contributed by atoms with E-state index in [2.05, 4.69) is 5.10 Å². The number of halogens is 1. The summed E-state index contributed by atoms with van der Waals surface area (Å²) in [7, 11) is 0. The van der Waals surface area contributed by atoms with Crippen molar-refractivity contribution in [2.75, 3.05) is 0 Å². The number of nitrogens with one attached hydrogen (secondary N) is 1. The van der Waals surface area contributed by atoms with Crippen LogP contribution in [0, 0.1) is 12.7 Å². The molecule has 18 heavy (non-hydrogen) atoms. The van der Waals surface area contributed by atoms with Crippen LogP contribution in [0.1, 0.15) is 11.3 Å². The molecule has 0 aliphatic rings. The molecule has 0 fully saturated rings. The fraction of sp³-hybridized carbons (Fsp3) is 0.167. The van der Waals surface area contributed by atoms with Crippen molar-refractivity contribution in [2.24, 2.45) is 0 Å². The second-order valence-corrected chi connectivity index (χ2v) is 3.90. The molecule has 1 heterocycles. The molecule has 2 N–H and O–H groups in total. The van der Waals surface area contributed by atoms with Gasteiger partial charge < -0.3 is 5.11 Å². The molecule has 0 radical (unpaired) electrons. The maximum atomic E-state index is 12.8. The molecule has 0 bridgehead atoms. The van der Waals surface area contributed by atoms with E-state index in [1.165, 1.54) is 28.9 Å². The Labute approximate surface area is 101 Å². The monoisotopic (exact) mass is 250 g/mol. The van der Waals surface area contributed by atoms with Crippen molar-refractivity contribution in [3.8, 4) is 5.69 Å². The largest absolute Gasteiger partial charge is 0.481 e. The molecular weight excluding hydrogens is 239 g/mol. The normalized spacial score (nSPS) is 10.6. The minimum atomic E-state index is -1.07. The molecule has 0 aliphatic carbocycles. The molecule has 1 aromatic carbocycles. The van der Waals surface area contributed by atoms with Crippen molar-refractivity contribution in [1.82, 2.24) is 9.78 Å². The Morgan fingerprint density at radius 2 is 2.00 bits per heavy atom. The van der Waals surface area contributed by atoms with E-state index < -0.39 is 17.3 Å². The Morgan fingerprint density at radius 1 is 1.39 bits per heavy atom. The van der Waals surface area contributed by atoms with Crippen LogP contribution in [0.15, 0.2) is 29.1 Å². The van der Waals surface area contributed by atoms with Crippen LogP contribution in [0.2, 0.25) is 0 Å². The smallest absolute Gasteiger partial charge is 0.308 e. The first-order valence-corrected chi connectivity index (χ1v) is 5.27. The van der Waals surface area contributed by atoms with Crippen molar-refractivity contribution in [2.45, 2.75) is 13.3 Å². The average Bonchev–Trinajstić information content (AvgIpc) is 2.58. The van der Waals surface area contributed by atoms with Crippen LogP contribution >= 0.6 is 0 Å². The highest BCUT2D eigenvalue weighted by molar-refractivity contribution is 5.70. The fourth-order valence-electron chi connectivity index (χ4n) is 1.71. The third kappa shape index (κ3) is 2.17. The number of benzene rings is 1. The van der Waals surface area contributed by atoms with Gasteiger partial charge in [0.2, 0.25) is 0 Å². The highest BCUT2D eigenvalue weighted by atomic mass is 19.1. The molecule has 2 rings (SSSR count). The van der Waals surface area contributed by atoms with Gasteiger partial charge in [0.15, 0.2) is 0 Å². The van der Waals surface area contributed by atoms with Crippen molar-refractivity contribution >= 4 is 5.97 Å². The lowest BCUT2D eigenvalue weighted by atomic mass is 10.2. The second-order valence-electron chi connectivity index (χ2n) is 3.90. The minimum absolute atomic E-state index is 0.201. The molecule has 0 unspecified atom stereocenters. The van der Waals surface area contributed by atoms with Crippen molar-refractivity contribution in [1.29, 1.82) is 0 Å². The summed E-state index contributed by atoms with van der Waals surface area (Å²) in [6.45, 7) is 1.62. The number of hydrogen-bond donors (Lipinski definition) is 2. The fourth-order valence-corrected chi connectivity index (χ4v) is 1.71. The van der Waals surface area contributed by atoms with Gasteiger partial charge in [-0.1, -0.05) is 0 Å². The van der Waals surface area contributed by atoms with E-state index in [9.17, 15) is 14.0 Å². The van der Waals surface area contributed by atoms with Gasteiger partial charge in [0, 0.05) is 5.69 Å². The first kappa shape index (κ1) is 12.1. The maximum absolute atomic E-state index is 12.8. The summed E-state index contributed by atoms with van der Waals surface area (Å²) in [6.07, 6.45) is -0.338. The van der Waals surface area contributed by atoms with Gasteiger partial charge >= 0.3 is 5.97 Å². The number of H-pyrrole nitrogens is 1. The quantitative estimate of drug-likeness (QED) is 0.860. The van der Waals surface area contributed by atoms with E-state index >= 15 is 0 Å². The third-order valence-electron chi connectivity index (χ3n) is 2.61. The lowest BCUT2D eigenvalue weighted by Gasteiger charge is -2.00. The van der Waals surface area contributed by atoms with E-state index in [-0.39, 0.29) is 12.0 Å². The number of carbonyl (C=O) groups is 1. The Hall–Kier alpha value is -2.37. The summed E-state index contributed by atoms with van der Waals surface area (Å²) in [4.78, 5) is 22.6. The van der Waals surface area contributed by atoms with Gasteiger partial charge in [0.05, 0.1) is 17.7 Å². The lowest BCUT2D eigenvalue weighted by Crippen LogP contribution is -2.19. The lowest BCUT2D eigenvalue weighted by molar-refractivity contribution is -0.136. The zero-order valence-corrected chi connectivity index (χ0v) is 9.61. The Balaban J connectivity index is 2.50. The van der Waals surface area contributed by atoms with Gasteiger partial charge in [0.1, 0.15) is 5.82 Å². The molecular formula is C12H11FN2O3. The minimum Gasteiger partial charge on any atom is -0.481 e. The first-order chi connectivity index (χ1) is 8.49. The van der Waals surface area contributed by atoms with Crippen molar-refractivity contribution in [3.05, 3.63) is 51.7 Å². The molecule has 0 atom stereocenters. The predicted molar refractivity (Wildman–Crippen MR) is 62.4 cm³/mol. The predicted octanol–water partition coefficient (Wildman–Crippen LogP) is 1.24. The Kier molecular flexibility index (Phi) is 3.01. The van der Waals surface area contributed by atoms with E-state index in [0.717, 1.165) is 0 Å². The van der Waals surface area contributed by atoms with Gasteiger partial charge in [-0.2, -0.15) is 0 Å². The van der Waals surface area contributed by atoms with Crippen LogP contribution < -0.4 is 5.56 Å². The van der Waals surface area contributed by atoms with E-state index in [1.54, 1.807) is 6.92 Å². The van der Waals surface area contributed by atoms with Gasteiger partial charge in [-0.25, -0.2) is 9.07 Å². The summed E-state index contributed by atoms with van der Waals surface area (Å²) in [5.41, 5.74) is 0.723. The van der Waals surface area contributed by atoms with E-state index in [4.69, 9.17) is 5.11 Å². The molecule has 0 saturated carbocycles. The maximum Gasteiger partial charge on any atom is 0.308 e. The summed E-state index contributed by atoms with van der Waals surface area (Å²) in [6, 6.07) is 5.35. The molecule has 2 aromatic rings. The number of aromatic amines is 1. The molecule has 0 amide bonds. The number of nitrogens with zero attached hydrogens (tertiary/aromatic N) is 1. The molecule has 0 spiro atoms. The van der Waals surface area contributed by atoms with Gasteiger partial charge in [-0.3, -0.25) is 14.7 Å². The molecule has 0 aliphatic heterocycles. The standard InChI is InChI=1S/C12H11FN2O3/c1-7-10(6-11(16)17)12(18)15(14-7)9-4-2-8(13)3-5-9/h2-5,14H,6H2,1H3,(H,16,17). The van der Waals surface area contributed by atoms with Gasteiger partial charge in [-0.15, -0.1) is 0 Å².